The number of rotatable bonds is 5. The minimum atomic E-state index is -0.948. The monoisotopic (exact) mass is 272 g/mol. The Morgan fingerprint density at radius 3 is 2.21 bits per heavy atom. The summed E-state index contributed by atoms with van der Waals surface area (Å²) in [6, 6.07) is 0. The third-order valence-corrected chi connectivity index (χ3v) is 4.04. The molecular formula is C14H28N2O3. The van der Waals surface area contributed by atoms with Gasteiger partial charge in [-0.2, -0.15) is 5.06 Å². The van der Waals surface area contributed by atoms with Crippen molar-refractivity contribution in [2.24, 2.45) is 5.92 Å². The molecule has 0 saturated carbocycles. The second-order valence-electron chi connectivity index (χ2n) is 6.94. The molecule has 0 aromatic carbocycles. The third kappa shape index (κ3) is 4.66. The van der Waals surface area contributed by atoms with Crippen LogP contribution in [0.2, 0.25) is 0 Å². The second-order valence-corrected chi connectivity index (χ2v) is 6.94. The lowest BCUT2D eigenvalue weighted by molar-refractivity contribution is -0.251. The van der Waals surface area contributed by atoms with Gasteiger partial charge in [-0.3, -0.25) is 0 Å². The van der Waals surface area contributed by atoms with Crippen molar-refractivity contribution in [2.45, 2.75) is 70.9 Å². The second kappa shape index (κ2) is 6.09. The van der Waals surface area contributed by atoms with Gasteiger partial charge in [0.25, 0.3) is 0 Å². The largest absolute Gasteiger partial charge is 0.465 e. The van der Waals surface area contributed by atoms with Crippen LogP contribution in [0, 0.1) is 5.92 Å². The Bertz CT molecular complexity index is 298. The molecule has 0 spiro atoms. The molecule has 1 fully saturated rings. The molecular weight excluding hydrogens is 244 g/mol. The number of hydroxylamine groups is 2. The molecule has 3 N–H and O–H groups in total. The summed E-state index contributed by atoms with van der Waals surface area (Å²) in [6.45, 7) is 8.83. The van der Waals surface area contributed by atoms with Crippen molar-refractivity contribution in [3.8, 4) is 0 Å². The van der Waals surface area contributed by atoms with Crippen LogP contribution in [0.4, 0.5) is 4.79 Å². The van der Waals surface area contributed by atoms with E-state index in [9.17, 15) is 10.0 Å². The maximum Gasteiger partial charge on any atom is 0.404 e. The first-order chi connectivity index (χ1) is 8.65. The van der Waals surface area contributed by atoms with Crippen LogP contribution in [0.25, 0.3) is 0 Å². The van der Waals surface area contributed by atoms with Gasteiger partial charge < -0.3 is 15.6 Å². The van der Waals surface area contributed by atoms with Crippen LogP contribution in [-0.2, 0) is 0 Å². The molecule has 0 aromatic rings. The Labute approximate surface area is 115 Å². The number of nitrogens with one attached hydrogen (secondary N) is 1. The first kappa shape index (κ1) is 16.2. The molecule has 5 nitrogen and oxygen atoms in total. The normalized spacial score (nSPS) is 23.2. The average Bonchev–Trinajstić information content (AvgIpc) is 2.24. The fraction of sp³-hybridized carbons (Fsp3) is 0.929. The Hall–Kier alpha value is -0.810. The van der Waals surface area contributed by atoms with Crippen LogP contribution < -0.4 is 5.32 Å². The number of nitrogens with zero attached hydrogens (tertiary/aromatic N) is 1. The van der Waals surface area contributed by atoms with E-state index in [-0.39, 0.29) is 11.1 Å². The van der Waals surface area contributed by atoms with Gasteiger partial charge >= 0.3 is 6.09 Å². The summed E-state index contributed by atoms with van der Waals surface area (Å²) in [5.74, 6) is 0.596. The van der Waals surface area contributed by atoms with Gasteiger partial charge in [0, 0.05) is 17.6 Å². The van der Waals surface area contributed by atoms with E-state index in [0.717, 1.165) is 32.1 Å². The molecule has 5 heteroatoms. The van der Waals surface area contributed by atoms with Gasteiger partial charge in [0.1, 0.15) is 0 Å². The predicted octanol–water partition coefficient (Wildman–Crippen LogP) is 3.08. The van der Waals surface area contributed by atoms with E-state index in [2.05, 4.69) is 33.0 Å². The van der Waals surface area contributed by atoms with Gasteiger partial charge in [-0.1, -0.05) is 12.8 Å². The summed E-state index contributed by atoms with van der Waals surface area (Å²) >= 11 is 0. The van der Waals surface area contributed by atoms with Gasteiger partial charge in [0.05, 0.1) is 0 Å². The molecule has 0 aliphatic carbocycles. The van der Waals surface area contributed by atoms with Crippen LogP contribution in [0.5, 0.6) is 0 Å². The van der Waals surface area contributed by atoms with Crippen molar-refractivity contribution in [2.75, 3.05) is 6.54 Å². The van der Waals surface area contributed by atoms with E-state index in [0.29, 0.717) is 12.5 Å². The van der Waals surface area contributed by atoms with Gasteiger partial charge in [0.15, 0.2) is 0 Å². The summed E-state index contributed by atoms with van der Waals surface area (Å²) in [4.78, 5) is 10.3. The third-order valence-electron chi connectivity index (χ3n) is 4.04. The van der Waals surface area contributed by atoms with Gasteiger partial charge in [-0.25, -0.2) is 4.79 Å². The smallest absolute Gasteiger partial charge is 0.404 e. The minimum Gasteiger partial charge on any atom is -0.465 e. The Kier molecular flexibility index (Phi) is 5.21. The van der Waals surface area contributed by atoms with E-state index >= 15 is 0 Å². The fourth-order valence-electron chi connectivity index (χ4n) is 3.43. The summed E-state index contributed by atoms with van der Waals surface area (Å²) in [5.41, 5.74) is -0.378. The summed E-state index contributed by atoms with van der Waals surface area (Å²) in [7, 11) is 0. The number of unbranched alkanes of at least 4 members (excludes halogenated alkanes) is 1. The molecule has 0 radical (unpaired) electrons. The van der Waals surface area contributed by atoms with Crippen molar-refractivity contribution in [3.05, 3.63) is 0 Å². The van der Waals surface area contributed by atoms with Gasteiger partial charge in [0.2, 0.25) is 0 Å². The Morgan fingerprint density at radius 1 is 1.21 bits per heavy atom. The molecule has 1 saturated heterocycles. The number of hydrogen-bond donors (Lipinski definition) is 3. The zero-order valence-corrected chi connectivity index (χ0v) is 12.6. The summed E-state index contributed by atoms with van der Waals surface area (Å²) in [5, 5.41) is 22.6. The molecule has 1 aliphatic heterocycles. The van der Waals surface area contributed by atoms with E-state index in [1.54, 1.807) is 0 Å². The quantitative estimate of drug-likeness (QED) is 0.672. The first-order valence-corrected chi connectivity index (χ1v) is 7.11. The maximum absolute atomic E-state index is 10.3. The van der Waals surface area contributed by atoms with E-state index in [1.165, 1.54) is 5.06 Å². The zero-order valence-electron chi connectivity index (χ0n) is 12.6. The molecule has 1 heterocycles. The van der Waals surface area contributed by atoms with E-state index in [1.807, 2.05) is 0 Å². The minimum absolute atomic E-state index is 0.189. The summed E-state index contributed by atoms with van der Waals surface area (Å²) in [6.07, 6.45) is 4.03. The topological polar surface area (TPSA) is 72.8 Å². The van der Waals surface area contributed by atoms with Crippen LogP contribution in [0.15, 0.2) is 0 Å². The van der Waals surface area contributed by atoms with E-state index < -0.39 is 6.09 Å². The highest BCUT2D eigenvalue weighted by Gasteiger charge is 2.44. The first-order valence-electron chi connectivity index (χ1n) is 7.11. The highest BCUT2D eigenvalue weighted by Crippen LogP contribution is 2.41. The molecule has 1 rings (SSSR count). The van der Waals surface area contributed by atoms with Gasteiger partial charge in [-0.05, 0) is 52.9 Å². The zero-order chi connectivity index (χ0) is 14.7. The highest BCUT2D eigenvalue weighted by atomic mass is 16.5. The average molecular weight is 272 g/mol. The van der Waals surface area contributed by atoms with Crippen molar-refractivity contribution in [3.63, 3.8) is 0 Å². The number of amides is 1. The van der Waals surface area contributed by atoms with E-state index in [4.69, 9.17) is 5.11 Å². The summed E-state index contributed by atoms with van der Waals surface area (Å²) < 4.78 is 0. The Balaban J connectivity index is 2.37. The highest BCUT2D eigenvalue weighted by molar-refractivity contribution is 5.64. The number of piperidine rings is 1. The van der Waals surface area contributed by atoms with Crippen molar-refractivity contribution in [1.29, 1.82) is 0 Å². The lowest BCUT2D eigenvalue weighted by Gasteiger charge is -2.51. The molecule has 0 atom stereocenters. The number of carboxylic acid groups (broad SMARTS) is 1. The SMILES string of the molecule is CC1(C)CC(CCCCNC(=O)O)CC(C)(C)N1O. The maximum atomic E-state index is 10.3. The van der Waals surface area contributed by atoms with Crippen molar-refractivity contribution < 1.29 is 15.1 Å². The van der Waals surface area contributed by atoms with Crippen LogP contribution >= 0.6 is 0 Å². The Morgan fingerprint density at radius 2 is 1.74 bits per heavy atom. The van der Waals surface area contributed by atoms with Crippen molar-refractivity contribution >= 4 is 6.09 Å². The molecule has 19 heavy (non-hydrogen) atoms. The fourth-order valence-corrected chi connectivity index (χ4v) is 3.43. The molecule has 1 aliphatic rings. The van der Waals surface area contributed by atoms with Crippen molar-refractivity contribution in [1.82, 2.24) is 10.4 Å². The molecule has 0 unspecified atom stereocenters. The number of hydrogen-bond acceptors (Lipinski definition) is 3. The number of carbonyl (C=O) groups is 1. The van der Waals surface area contributed by atoms with Crippen LogP contribution in [0.1, 0.15) is 59.8 Å². The molecule has 1 amide bonds. The standard InChI is InChI=1S/C14H28N2O3/c1-13(2)9-11(10-14(3,4)16(13)19)7-5-6-8-15-12(17)18/h11,15,19H,5-10H2,1-4H3,(H,17,18). The molecule has 0 bridgehead atoms. The van der Waals surface area contributed by atoms with Crippen LogP contribution in [0.3, 0.4) is 0 Å². The predicted molar refractivity (Wildman–Crippen MR) is 74.4 cm³/mol. The molecule has 112 valence electrons. The lowest BCUT2D eigenvalue weighted by Crippen LogP contribution is -2.58. The van der Waals surface area contributed by atoms with Crippen LogP contribution in [-0.4, -0.2) is 39.1 Å². The molecule has 0 aromatic heterocycles. The van der Waals surface area contributed by atoms with Gasteiger partial charge in [-0.15, -0.1) is 0 Å². The lowest BCUT2D eigenvalue weighted by atomic mass is 9.73.